The van der Waals surface area contributed by atoms with Gasteiger partial charge >= 0.3 is 0 Å². The first kappa shape index (κ1) is 13.6. The fraction of sp³-hybridized carbons (Fsp3) is 0.538. The Bertz CT molecular complexity index is 359. The zero-order valence-electron chi connectivity index (χ0n) is 9.86. The van der Waals surface area contributed by atoms with Crippen LogP contribution in [0.25, 0.3) is 0 Å². The van der Waals surface area contributed by atoms with Crippen LogP contribution in [0.4, 0.5) is 8.78 Å². The van der Waals surface area contributed by atoms with E-state index in [4.69, 9.17) is 0 Å². The average molecular weight is 291 g/mol. The first-order valence-corrected chi connectivity index (χ1v) is 6.52. The highest BCUT2D eigenvalue weighted by Gasteiger charge is 2.21. The molecule has 0 aromatic heterocycles. The zero-order valence-corrected chi connectivity index (χ0v) is 11.4. The molecule has 3 heteroatoms. The van der Waals surface area contributed by atoms with Crippen molar-refractivity contribution in [2.24, 2.45) is 5.92 Å². The summed E-state index contributed by atoms with van der Waals surface area (Å²) in [6.07, 6.45) is 1.95. The summed E-state index contributed by atoms with van der Waals surface area (Å²) in [5, 5.41) is 0. The van der Waals surface area contributed by atoms with Crippen LogP contribution >= 0.6 is 15.9 Å². The highest BCUT2D eigenvalue weighted by atomic mass is 79.9. The van der Waals surface area contributed by atoms with Crippen molar-refractivity contribution in [3.63, 3.8) is 0 Å². The Morgan fingerprint density at radius 1 is 1.12 bits per heavy atom. The van der Waals surface area contributed by atoms with Crippen LogP contribution in [0, 0.1) is 24.5 Å². The van der Waals surface area contributed by atoms with E-state index in [9.17, 15) is 8.78 Å². The maximum absolute atomic E-state index is 13.6. The van der Waals surface area contributed by atoms with Crippen LogP contribution in [0.3, 0.4) is 0 Å². The average Bonchev–Trinajstić information content (AvgIpc) is 2.25. The second kappa shape index (κ2) is 5.76. The quantitative estimate of drug-likeness (QED) is 0.673. The van der Waals surface area contributed by atoms with E-state index >= 15 is 0 Å². The monoisotopic (exact) mass is 290 g/mol. The van der Waals surface area contributed by atoms with Crippen molar-refractivity contribution in [1.82, 2.24) is 0 Å². The van der Waals surface area contributed by atoms with E-state index in [2.05, 4.69) is 29.8 Å². The molecule has 0 nitrogen and oxygen atoms in total. The third-order valence-corrected chi connectivity index (χ3v) is 4.28. The van der Waals surface area contributed by atoms with Crippen LogP contribution in [0.5, 0.6) is 0 Å². The van der Waals surface area contributed by atoms with E-state index in [1.165, 1.54) is 0 Å². The molecular formula is C13H17BrF2. The standard InChI is InChI=1S/C13H17BrF2/c1-4-9(5-2)13(14)10-6-8(3)11(15)7-12(10)16/h6-7,9,13H,4-5H2,1-3H3. The molecule has 0 spiro atoms. The zero-order chi connectivity index (χ0) is 12.3. The molecule has 0 radical (unpaired) electrons. The number of hydrogen-bond donors (Lipinski definition) is 0. The fourth-order valence-corrected chi connectivity index (χ4v) is 2.95. The van der Waals surface area contributed by atoms with Gasteiger partial charge in [-0.25, -0.2) is 8.78 Å². The lowest BCUT2D eigenvalue weighted by molar-refractivity contribution is 0.469. The van der Waals surface area contributed by atoms with E-state index in [-0.39, 0.29) is 4.83 Å². The Kier molecular flexibility index (Phi) is 4.90. The van der Waals surface area contributed by atoms with Gasteiger partial charge < -0.3 is 0 Å². The van der Waals surface area contributed by atoms with Crippen molar-refractivity contribution < 1.29 is 8.78 Å². The molecule has 0 aliphatic carbocycles. The number of benzene rings is 1. The van der Waals surface area contributed by atoms with Gasteiger partial charge in [0, 0.05) is 16.5 Å². The lowest BCUT2D eigenvalue weighted by atomic mass is 9.93. The SMILES string of the molecule is CCC(CC)C(Br)c1cc(C)c(F)cc1F. The van der Waals surface area contributed by atoms with Crippen LogP contribution in [0.1, 0.15) is 42.6 Å². The molecule has 16 heavy (non-hydrogen) atoms. The maximum Gasteiger partial charge on any atom is 0.130 e. The number of aryl methyl sites for hydroxylation is 1. The molecule has 0 amide bonds. The molecule has 0 bridgehead atoms. The van der Waals surface area contributed by atoms with Gasteiger partial charge in [-0.3, -0.25) is 0 Å². The molecule has 0 saturated heterocycles. The van der Waals surface area contributed by atoms with Crippen LogP contribution < -0.4 is 0 Å². The third-order valence-electron chi connectivity index (χ3n) is 3.04. The summed E-state index contributed by atoms with van der Waals surface area (Å²) in [4.78, 5) is -0.0400. The molecular weight excluding hydrogens is 274 g/mol. The van der Waals surface area contributed by atoms with Gasteiger partial charge in [0.05, 0.1) is 0 Å². The molecule has 0 saturated carbocycles. The summed E-state index contributed by atoms with van der Waals surface area (Å²) >= 11 is 3.52. The van der Waals surface area contributed by atoms with Crippen molar-refractivity contribution in [2.75, 3.05) is 0 Å². The van der Waals surface area contributed by atoms with Gasteiger partial charge in [-0.05, 0) is 24.5 Å². The predicted octanol–water partition coefficient (Wildman–Crippen LogP) is 5.15. The molecule has 1 atom stereocenters. The fourth-order valence-electron chi connectivity index (χ4n) is 1.85. The topological polar surface area (TPSA) is 0 Å². The van der Waals surface area contributed by atoms with Gasteiger partial charge in [-0.2, -0.15) is 0 Å². The molecule has 1 aromatic carbocycles. The molecule has 1 unspecified atom stereocenters. The maximum atomic E-state index is 13.6. The van der Waals surface area contributed by atoms with Crippen LogP contribution in [0.15, 0.2) is 12.1 Å². The van der Waals surface area contributed by atoms with Crippen molar-refractivity contribution in [3.05, 3.63) is 34.9 Å². The molecule has 0 aliphatic rings. The van der Waals surface area contributed by atoms with E-state index in [0.29, 0.717) is 17.0 Å². The third kappa shape index (κ3) is 2.82. The Morgan fingerprint density at radius 2 is 1.69 bits per heavy atom. The first-order valence-electron chi connectivity index (χ1n) is 5.60. The second-order valence-electron chi connectivity index (χ2n) is 4.10. The predicted molar refractivity (Wildman–Crippen MR) is 66.8 cm³/mol. The minimum Gasteiger partial charge on any atom is -0.207 e. The first-order chi connectivity index (χ1) is 7.51. The minimum atomic E-state index is -0.481. The van der Waals surface area contributed by atoms with Crippen LogP contribution in [0.2, 0.25) is 0 Å². The van der Waals surface area contributed by atoms with Crippen molar-refractivity contribution in [2.45, 2.75) is 38.4 Å². The molecule has 0 N–H and O–H groups in total. The smallest absolute Gasteiger partial charge is 0.130 e. The molecule has 0 heterocycles. The highest BCUT2D eigenvalue weighted by Crippen LogP contribution is 2.37. The molecule has 1 rings (SSSR count). The number of hydrogen-bond acceptors (Lipinski definition) is 0. The molecule has 1 aromatic rings. The van der Waals surface area contributed by atoms with Crippen molar-refractivity contribution in [1.29, 1.82) is 0 Å². The van der Waals surface area contributed by atoms with Gasteiger partial charge in [0.2, 0.25) is 0 Å². The Labute approximate surface area is 104 Å². The van der Waals surface area contributed by atoms with Crippen molar-refractivity contribution >= 4 is 15.9 Å². The van der Waals surface area contributed by atoms with Crippen LogP contribution in [-0.4, -0.2) is 0 Å². The summed E-state index contributed by atoms with van der Waals surface area (Å²) in [6.45, 7) is 5.82. The van der Waals surface area contributed by atoms with E-state index in [0.717, 1.165) is 18.9 Å². The summed E-state index contributed by atoms with van der Waals surface area (Å²) in [5.74, 6) is -0.568. The van der Waals surface area contributed by atoms with Crippen molar-refractivity contribution in [3.8, 4) is 0 Å². The Hall–Kier alpha value is -0.440. The van der Waals surface area contributed by atoms with Crippen LogP contribution in [-0.2, 0) is 0 Å². The summed E-state index contributed by atoms with van der Waals surface area (Å²) in [5.41, 5.74) is 1.06. The Balaban J connectivity index is 3.07. The van der Waals surface area contributed by atoms with E-state index < -0.39 is 11.6 Å². The summed E-state index contributed by atoms with van der Waals surface area (Å²) < 4.78 is 26.8. The van der Waals surface area contributed by atoms with E-state index in [1.54, 1.807) is 13.0 Å². The molecule has 0 aliphatic heterocycles. The van der Waals surface area contributed by atoms with Gasteiger partial charge in [-0.15, -0.1) is 0 Å². The van der Waals surface area contributed by atoms with Gasteiger partial charge in [0.25, 0.3) is 0 Å². The summed E-state index contributed by atoms with van der Waals surface area (Å²) in [7, 11) is 0. The largest absolute Gasteiger partial charge is 0.207 e. The van der Waals surface area contributed by atoms with Gasteiger partial charge in [0.15, 0.2) is 0 Å². The Morgan fingerprint density at radius 3 is 2.19 bits per heavy atom. The molecule has 90 valence electrons. The summed E-state index contributed by atoms with van der Waals surface area (Å²) in [6, 6.07) is 2.57. The number of alkyl halides is 1. The number of halogens is 3. The minimum absolute atomic E-state index is 0.0400. The molecule has 0 fully saturated rings. The van der Waals surface area contributed by atoms with Gasteiger partial charge in [-0.1, -0.05) is 42.6 Å². The second-order valence-corrected chi connectivity index (χ2v) is 5.09. The number of rotatable bonds is 4. The normalized spacial score (nSPS) is 13.2. The van der Waals surface area contributed by atoms with E-state index in [1.807, 2.05) is 0 Å². The lowest BCUT2D eigenvalue weighted by Gasteiger charge is -2.21. The highest BCUT2D eigenvalue weighted by molar-refractivity contribution is 9.09. The van der Waals surface area contributed by atoms with Gasteiger partial charge in [0.1, 0.15) is 11.6 Å². The lowest BCUT2D eigenvalue weighted by Crippen LogP contribution is -2.08.